The maximum Gasteiger partial charge on any atom is 0.305 e. The SMILES string of the molecule is Cc1ccc(C(CC(=O)O)NC(=O)c2ccc(N3CCCN(C(=O)Cc4ccccc4)CC3)c(NC(=O)C3CCC3)c2)cc1. The minimum atomic E-state index is -1.02. The highest BCUT2D eigenvalue weighted by molar-refractivity contribution is 6.01. The summed E-state index contributed by atoms with van der Waals surface area (Å²) in [5, 5.41) is 15.5. The molecular weight excluding hydrogens is 556 g/mol. The van der Waals surface area contributed by atoms with Crippen LogP contribution in [0.1, 0.15) is 65.2 Å². The van der Waals surface area contributed by atoms with Gasteiger partial charge >= 0.3 is 5.97 Å². The predicted octanol–water partition coefficient (Wildman–Crippen LogP) is 4.96. The molecule has 1 aliphatic heterocycles. The Morgan fingerprint density at radius 1 is 0.886 bits per heavy atom. The van der Waals surface area contributed by atoms with E-state index in [0.29, 0.717) is 49.4 Å². The smallest absolute Gasteiger partial charge is 0.305 e. The van der Waals surface area contributed by atoms with Gasteiger partial charge in [-0.15, -0.1) is 0 Å². The van der Waals surface area contributed by atoms with Crippen molar-refractivity contribution in [2.24, 2.45) is 5.92 Å². The fourth-order valence-corrected chi connectivity index (χ4v) is 5.72. The number of benzene rings is 3. The molecule has 9 nitrogen and oxygen atoms in total. The summed E-state index contributed by atoms with van der Waals surface area (Å²) in [6.45, 7) is 4.43. The van der Waals surface area contributed by atoms with Gasteiger partial charge in [-0.05, 0) is 55.5 Å². The van der Waals surface area contributed by atoms with E-state index >= 15 is 0 Å². The molecule has 1 heterocycles. The first-order valence-corrected chi connectivity index (χ1v) is 15.4. The molecule has 3 aromatic carbocycles. The van der Waals surface area contributed by atoms with Crippen LogP contribution in [0.15, 0.2) is 72.8 Å². The van der Waals surface area contributed by atoms with Gasteiger partial charge in [0.25, 0.3) is 5.91 Å². The maximum absolute atomic E-state index is 13.5. The second-order valence-electron chi connectivity index (χ2n) is 11.8. The molecule has 3 amide bonds. The molecule has 1 saturated carbocycles. The third kappa shape index (κ3) is 7.83. The first kappa shape index (κ1) is 30.8. The van der Waals surface area contributed by atoms with Gasteiger partial charge in [0.1, 0.15) is 0 Å². The quantitative estimate of drug-likeness (QED) is 0.305. The number of rotatable bonds is 10. The molecule has 0 aromatic heterocycles. The number of anilines is 2. The average Bonchev–Trinajstić information content (AvgIpc) is 3.23. The number of aryl methyl sites for hydroxylation is 1. The molecule has 1 atom stereocenters. The van der Waals surface area contributed by atoms with Crippen LogP contribution in [0.4, 0.5) is 11.4 Å². The van der Waals surface area contributed by atoms with E-state index in [2.05, 4.69) is 15.5 Å². The molecule has 1 aliphatic carbocycles. The lowest BCUT2D eigenvalue weighted by Gasteiger charge is -2.29. The van der Waals surface area contributed by atoms with Gasteiger partial charge < -0.3 is 25.5 Å². The van der Waals surface area contributed by atoms with Crippen LogP contribution in [0.5, 0.6) is 0 Å². The van der Waals surface area contributed by atoms with E-state index in [1.165, 1.54) is 0 Å². The van der Waals surface area contributed by atoms with Crippen molar-refractivity contribution in [2.45, 2.75) is 51.5 Å². The van der Waals surface area contributed by atoms with Crippen molar-refractivity contribution >= 4 is 35.1 Å². The molecule has 1 unspecified atom stereocenters. The molecule has 0 bridgehead atoms. The van der Waals surface area contributed by atoms with E-state index in [0.717, 1.165) is 42.5 Å². The molecule has 230 valence electrons. The third-order valence-electron chi connectivity index (χ3n) is 8.54. The molecule has 1 saturated heterocycles. The fraction of sp³-hybridized carbons (Fsp3) is 0.371. The summed E-state index contributed by atoms with van der Waals surface area (Å²) in [4.78, 5) is 55.2. The van der Waals surface area contributed by atoms with Crippen molar-refractivity contribution in [2.75, 3.05) is 36.4 Å². The Bertz CT molecular complexity index is 1490. The first-order chi connectivity index (χ1) is 21.3. The Morgan fingerprint density at radius 3 is 2.32 bits per heavy atom. The number of carboxylic acids is 1. The molecule has 0 radical (unpaired) electrons. The van der Waals surface area contributed by atoms with Gasteiger partial charge in [-0.25, -0.2) is 0 Å². The van der Waals surface area contributed by atoms with Gasteiger partial charge in [0.2, 0.25) is 11.8 Å². The fourth-order valence-electron chi connectivity index (χ4n) is 5.72. The zero-order chi connectivity index (χ0) is 31.1. The van der Waals surface area contributed by atoms with Gasteiger partial charge in [0.15, 0.2) is 0 Å². The first-order valence-electron chi connectivity index (χ1n) is 15.4. The second-order valence-corrected chi connectivity index (χ2v) is 11.8. The summed E-state index contributed by atoms with van der Waals surface area (Å²) in [6.07, 6.45) is 3.58. The number of nitrogens with zero attached hydrogens (tertiary/aromatic N) is 2. The molecule has 2 fully saturated rings. The van der Waals surface area contributed by atoms with E-state index in [1.54, 1.807) is 12.1 Å². The molecule has 3 aromatic rings. The van der Waals surface area contributed by atoms with E-state index in [4.69, 9.17) is 0 Å². The van der Waals surface area contributed by atoms with Crippen LogP contribution in [-0.4, -0.2) is 59.9 Å². The Morgan fingerprint density at radius 2 is 1.64 bits per heavy atom. The number of hydrogen-bond donors (Lipinski definition) is 3. The normalized spacial score (nSPS) is 15.9. The zero-order valence-electron chi connectivity index (χ0n) is 25.1. The molecular formula is C35H40N4O5. The summed E-state index contributed by atoms with van der Waals surface area (Å²) in [6, 6.07) is 21.7. The second kappa shape index (κ2) is 14.2. The van der Waals surface area contributed by atoms with Gasteiger partial charge in [0.05, 0.1) is 30.3 Å². The molecule has 44 heavy (non-hydrogen) atoms. The Hall–Kier alpha value is -4.66. The highest BCUT2D eigenvalue weighted by Gasteiger charge is 2.28. The molecule has 5 rings (SSSR count). The average molecular weight is 597 g/mol. The Kier molecular flexibility index (Phi) is 9.94. The highest BCUT2D eigenvalue weighted by Crippen LogP contribution is 2.32. The monoisotopic (exact) mass is 596 g/mol. The third-order valence-corrected chi connectivity index (χ3v) is 8.54. The molecule has 9 heteroatoms. The van der Waals surface area contributed by atoms with Crippen molar-refractivity contribution in [3.05, 3.63) is 95.1 Å². The summed E-state index contributed by atoms with van der Waals surface area (Å²) in [5.41, 5.74) is 4.40. The number of hydrogen-bond acceptors (Lipinski definition) is 5. The zero-order valence-corrected chi connectivity index (χ0v) is 25.1. The van der Waals surface area contributed by atoms with Gasteiger partial charge in [-0.1, -0.05) is 66.6 Å². The number of carbonyl (C=O) groups is 4. The van der Waals surface area contributed by atoms with Crippen LogP contribution in [0.25, 0.3) is 0 Å². The lowest BCUT2D eigenvalue weighted by molar-refractivity contribution is -0.137. The maximum atomic E-state index is 13.5. The number of amides is 3. The van der Waals surface area contributed by atoms with E-state index in [-0.39, 0.29) is 24.2 Å². The van der Waals surface area contributed by atoms with E-state index in [1.807, 2.05) is 72.5 Å². The number of carbonyl (C=O) groups excluding carboxylic acids is 3. The van der Waals surface area contributed by atoms with E-state index < -0.39 is 17.9 Å². The molecule has 0 spiro atoms. The standard InChI is InChI=1S/C35H40N4O5/c1-24-11-13-26(14-12-24)29(23-33(41)42)36-35(44)28-15-16-31(30(22-28)37-34(43)27-9-5-10-27)38-17-6-18-39(20-19-38)32(40)21-25-7-3-2-4-8-25/h2-4,7-8,11-16,22,27,29H,5-6,9-10,17-21,23H2,1H3,(H,36,44)(H,37,43)(H,41,42). The van der Waals surface area contributed by atoms with Crippen LogP contribution in [0.2, 0.25) is 0 Å². The summed E-state index contributed by atoms with van der Waals surface area (Å²) < 4.78 is 0. The van der Waals surface area contributed by atoms with Gasteiger partial charge in [0, 0.05) is 37.7 Å². The largest absolute Gasteiger partial charge is 0.481 e. The van der Waals surface area contributed by atoms with Crippen LogP contribution in [0, 0.1) is 12.8 Å². The number of carboxylic acid groups (broad SMARTS) is 1. The van der Waals surface area contributed by atoms with Gasteiger partial charge in [-0.2, -0.15) is 0 Å². The van der Waals surface area contributed by atoms with Gasteiger partial charge in [-0.3, -0.25) is 19.2 Å². The molecule has 2 aliphatic rings. The van der Waals surface area contributed by atoms with Crippen molar-refractivity contribution in [3.8, 4) is 0 Å². The van der Waals surface area contributed by atoms with Crippen LogP contribution in [-0.2, 0) is 20.8 Å². The topological polar surface area (TPSA) is 119 Å². The van der Waals surface area contributed by atoms with Crippen molar-refractivity contribution in [3.63, 3.8) is 0 Å². The number of nitrogens with one attached hydrogen (secondary N) is 2. The van der Waals surface area contributed by atoms with Crippen LogP contribution in [0.3, 0.4) is 0 Å². The summed E-state index contributed by atoms with van der Waals surface area (Å²) in [5.74, 6) is -1.45. The predicted molar refractivity (Wildman–Crippen MR) is 170 cm³/mol. The van der Waals surface area contributed by atoms with Crippen molar-refractivity contribution in [1.29, 1.82) is 0 Å². The molecule has 3 N–H and O–H groups in total. The Balaban J connectivity index is 1.34. The van der Waals surface area contributed by atoms with Crippen LogP contribution < -0.4 is 15.5 Å². The highest BCUT2D eigenvalue weighted by atomic mass is 16.4. The minimum Gasteiger partial charge on any atom is -0.481 e. The lowest BCUT2D eigenvalue weighted by atomic mass is 9.85. The lowest BCUT2D eigenvalue weighted by Crippen LogP contribution is -2.36. The minimum absolute atomic E-state index is 0.0444. The Labute approximate surface area is 258 Å². The van der Waals surface area contributed by atoms with E-state index in [9.17, 15) is 24.3 Å². The number of aliphatic carboxylic acids is 1. The van der Waals surface area contributed by atoms with Crippen molar-refractivity contribution < 1.29 is 24.3 Å². The summed E-state index contributed by atoms with van der Waals surface area (Å²) >= 11 is 0. The van der Waals surface area contributed by atoms with Crippen molar-refractivity contribution in [1.82, 2.24) is 10.2 Å². The summed E-state index contributed by atoms with van der Waals surface area (Å²) in [7, 11) is 0. The van der Waals surface area contributed by atoms with Crippen LogP contribution >= 0.6 is 0 Å².